The maximum Gasteiger partial charge on any atom is 0.200 e. The van der Waals surface area contributed by atoms with Crippen LogP contribution in [0.2, 0.25) is 0 Å². The van der Waals surface area contributed by atoms with E-state index in [1.54, 1.807) is 6.92 Å². The first kappa shape index (κ1) is 14.3. The van der Waals surface area contributed by atoms with Crippen molar-refractivity contribution < 1.29 is 9.59 Å². The van der Waals surface area contributed by atoms with Crippen molar-refractivity contribution in [3.8, 4) is 0 Å². The Hall–Kier alpha value is -1.09. The smallest absolute Gasteiger partial charge is 0.200 e. The van der Waals surface area contributed by atoms with E-state index in [-0.39, 0.29) is 10.9 Å². The van der Waals surface area contributed by atoms with E-state index in [4.69, 9.17) is 0 Å². The Morgan fingerprint density at radius 3 is 2.11 bits per heavy atom. The average molecular weight is 276 g/mol. The zero-order valence-electron chi connectivity index (χ0n) is 12.2. The Bertz CT molecular complexity index is 539. The van der Waals surface area contributed by atoms with Crippen LogP contribution in [-0.2, 0) is 16.0 Å². The Kier molecular flexibility index (Phi) is 3.61. The summed E-state index contributed by atoms with van der Waals surface area (Å²) in [5, 5.41) is 0.00918. The zero-order chi connectivity index (χ0) is 14.4. The molecule has 0 aromatic heterocycles. The molecule has 1 aromatic rings. The van der Waals surface area contributed by atoms with E-state index in [0.717, 1.165) is 0 Å². The van der Waals surface area contributed by atoms with Gasteiger partial charge in [0.15, 0.2) is 10.9 Å². The standard InChI is InChI=1S/C16H20O2S/c1-9-6-10(2)13(11(3)7-9)8-16(5)14(17)12(4)15(18)19-16/h6-7,12H,8H2,1-5H3. The molecule has 2 rings (SSSR count). The summed E-state index contributed by atoms with van der Waals surface area (Å²) in [5.41, 5.74) is 4.85. The predicted molar refractivity (Wildman–Crippen MR) is 79.5 cm³/mol. The number of Topliss-reactive ketones (excluding diaryl/α,β-unsaturated/α-hetero) is 1. The van der Waals surface area contributed by atoms with Crippen molar-refractivity contribution in [1.29, 1.82) is 0 Å². The summed E-state index contributed by atoms with van der Waals surface area (Å²) >= 11 is 1.21. The van der Waals surface area contributed by atoms with Gasteiger partial charge in [0.05, 0.1) is 10.7 Å². The van der Waals surface area contributed by atoms with E-state index < -0.39 is 10.7 Å². The lowest BCUT2D eigenvalue weighted by Gasteiger charge is -2.23. The van der Waals surface area contributed by atoms with Gasteiger partial charge in [0.1, 0.15) is 0 Å². The summed E-state index contributed by atoms with van der Waals surface area (Å²) in [4.78, 5) is 24.0. The molecule has 0 aliphatic carbocycles. The Morgan fingerprint density at radius 2 is 1.68 bits per heavy atom. The molecule has 2 atom stereocenters. The lowest BCUT2D eigenvalue weighted by Crippen LogP contribution is -2.32. The third-order valence-corrected chi connectivity index (χ3v) is 5.30. The van der Waals surface area contributed by atoms with Crippen molar-refractivity contribution >= 4 is 22.7 Å². The molecule has 2 unspecified atom stereocenters. The molecule has 1 saturated heterocycles. The quantitative estimate of drug-likeness (QED) is 0.776. The van der Waals surface area contributed by atoms with Gasteiger partial charge in [0, 0.05) is 0 Å². The van der Waals surface area contributed by atoms with Gasteiger partial charge < -0.3 is 0 Å². The van der Waals surface area contributed by atoms with E-state index in [9.17, 15) is 9.59 Å². The molecule has 0 amide bonds. The van der Waals surface area contributed by atoms with Crippen molar-refractivity contribution in [2.75, 3.05) is 0 Å². The minimum Gasteiger partial charge on any atom is -0.297 e. The SMILES string of the molecule is Cc1cc(C)c(CC2(C)SC(=O)C(C)C2=O)c(C)c1. The van der Waals surface area contributed by atoms with Crippen LogP contribution < -0.4 is 0 Å². The van der Waals surface area contributed by atoms with Crippen LogP contribution in [0.3, 0.4) is 0 Å². The fourth-order valence-electron chi connectivity index (χ4n) is 2.88. The number of carbonyl (C=O) groups is 2. The highest BCUT2D eigenvalue weighted by Crippen LogP contribution is 2.42. The summed E-state index contributed by atoms with van der Waals surface area (Å²) < 4.78 is -0.596. The third kappa shape index (κ3) is 2.48. The molecule has 0 N–H and O–H groups in total. The molecular weight excluding hydrogens is 256 g/mol. The molecule has 102 valence electrons. The second-order valence-electron chi connectivity index (χ2n) is 5.79. The van der Waals surface area contributed by atoms with E-state index in [1.807, 2.05) is 6.92 Å². The minimum absolute atomic E-state index is 0.00918. The lowest BCUT2D eigenvalue weighted by molar-refractivity contribution is -0.127. The molecule has 1 aromatic carbocycles. The van der Waals surface area contributed by atoms with E-state index in [2.05, 4.69) is 32.9 Å². The largest absolute Gasteiger partial charge is 0.297 e. The molecular formula is C16H20O2S. The number of thioether (sulfide) groups is 1. The fraction of sp³-hybridized carbons (Fsp3) is 0.500. The normalized spacial score (nSPS) is 27.1. The minimum atomic E-state index is -0.596. The number of carbonyl (C=O) groups excluding carboxylic acids is 2. The molecule has 1 aliphatic rings. The monoisotopic (exact) mass is 276 g/mol. The van der Waals surface area contributed by atoms with Crippen molar-refractivity contribution in [2.45, 2.75) is 45.8 Å². The average Bonchev–Trinajstić information content (AvgIpc) is 2.49. The van der Waals surface area contributed by atoms with Crippen LogP contribution in [0.4, 0.5) is 0 Å². The number of rotatable bonds is 2. The van der Waals surface area contributed by atoms with Gasteiger partial charge in [0.2, 0.25) is 0 Å². The fourth-order valence-corrected chi connectivity index (χ4v) is 4.10. The molecule has 1 fully saturated rings. The van der Waals surface area contributed by atoms with Gasteiger partial charge in [-0.1, -0.05) is 29.5 Å². The number of hydrogen-bond donors (Lipinski definition) is 0. The summed E-state index contributed by atoms with van der Waals surface area (Å²) in [6, 6.07) is 4.28. The van der Waals surface area contributed by atoms with Crippen molar-refractivity contribution in [3.05, 3.63) is 34.4 Å². The Morgan fingerprint density at radius 1 is 1.16 bits per heavy atom. The molecule has 1 aliphatic heterocycles. The van der Waals surface area contributed by atoms with E-state index >= 15 is 0 Å². The topological polar surface area (TPSA) is 34.1 Å². The van der Waals surface area contributed by atoms with Crippen LogP contribution >= 0.6 is 11.8 Å². The van der Waals surface area contributed by atoms with Crippen LogP contribution in [0.15, 0.2) is 12.1 Å². The number of aryl methyl sites for hydroxylation is 3. The molecule has 0 spiro atoms. The van der Waals surface area contributed by atoms with E-state index in [0.29, 0.717) is 6.42 Å². The van der Waals surface area contributed by atoms with Crippen LogP contribution in [0.5, 0.6) is 0 Å². The van der Waals surface area contributed by atoms with Crippen molar-refractivity contribution in [1.82, 2.24) is 0 Å². The Labute approximate surface area is 119 Å². The lowest BCUT2D eigenvalue weighted by atomic mass is 9.86. The first-order valence-electron chi connectivity index (χ1n) is 6.58. The van der Waals surface area contributed by atoms with Gasteiger partial charge in [-0.3, -0.25) is 9.59 Å². The predicted octanol–water partition coefficient (Wildman–Crippen LogP) is 3.39. The summed E-state index contributed by atoms with van der Waals surface area (Å²) in [6.07, 6.45) is 0.643. The number of ketones is 1. The molecule has 19 heavy (non-hydrogen) atoms. The van der Waals surface area contributed by atoms with Gasteiger partial charge in [-0.2, -0.15) is 0 Å². The molecule has 1 heterocycles. The van der Waals surface area contributed by atoms with Crippen LogP contribution in [0.1, 0.15) is 36.1 Å². The van der Waals surface area contributed by atoms with Crippen LogP contribution in [-0.4, -0.2) is 15.6 Å². The molecule has 0 bridgehead atoms. The summed E-state index contributed by atoms with van der Waals surface area (Å²) in [7, 11) is 0. The van der Waals surface area contributed by atoms with Gasteiger partial charge in [-0.15, -0.1) is 0 Å². The molecule has 3 heteroatoms. The summed E-state index contributed by atoms with van der Waals surface area (Å²) in [6.45, 7) is 9.85. The molecule has 2 nitrogen and oxygen atoms in total. The maximum atomic E-state index is 12.3. The Balaban J connectivity index is 2.37. The van der Waals surface area contributed by atoms with Gasteiger partial charge >= 0.3 is 0 Å². The van der Waals surface area contributed by atoms with Crippen molar-refractivity contribution in [3.63, 3.8) is 0 Å². The zero-order valence-corrected chi connectivity index (χ0v) is 13.0. The van der Waals surface area contributed by atoms with Gasteiger partial charge in [-0.05, 0) is 57.7 Å². The second kappa shape index (κ2) is 4.78. The van der Waals surface area contributed by atoms with Gasteiger partial charge in [-0.25, -0.2) is 0 Å². The first-order chi connectivity index (χ1) is 8.74. The highest BCUT2D eigenvalue weighted by atomic mass is 32.2. The molecule has 0 saturated carbocycles. The highest BCUT2D eigenvalue weighted by molar-refractivity contribution is 8.16. The summed E-state index contributed by atoms with van der Waals surface area (Å²) in [5.74, 6) is -0.386. The van der Waals surface area contributed by atoms with E-state index in [1.165, 1.54) is 34.0 Å². The maximum absolute atomic E-state index is 12.3. The number of hydrogen-bond acceptors (Lipinski definition) is 3. The first-order valence-corrected chi connectivity index (χ1v) is 7.40. The third-order valence-electron chi connectivity index (χ3n) is 3.95. The highest BCUT2D eigenvalue weighted by Gasteiger charge is 2.48. The molecule has 0 radical (unpaired) electrons. The van der Waals surface area contributed by atoms with Crippen LogP contribution in [0, 0.1) is 26.7 Å². The van der Waals surface area contributed by atoms with Gasteiger partial charge in [0.25, 0.3) is 0 Å². The van der Waals surface area contributed by atoms with Crippen molar-refractivity contribution in [2.24, 2.45) is 5.92 Å². The number of benzene rings is 1. The second-order valence-corrected chi connectivity index (χ2v) is 7.30. The van der Waals surface area contributed by atoms with Crippen LogP contribution in [0.25, 0.3) is 0 Å².